The molecule has 1 aliphatic rings. The number of hydrogen-bond donors (Lipinski definition) is 1. The molecule has 0 spiro atoms. The van der Waals surface area contributed by atoms with Crippen LogP contribution in [-0.4, -0.2) is 61.3 Å². The van der Waals surface area contributed by atoms with Crippen molar-refractivity contribution < 1.29 is 5.11 Å². The molecule has 1 heterocycles. The van der Waals surface area contributed by atoms with Crippen LogP contribution in [0, 0.1) is 0 Å². The molecule has 72 valence electrons. The molecule has 3 nitrogen and oxygen atoms in total. The van der Waals surface area contributed by atoms with Crippen molar-refractivity contribution in [1.29, 1.82) is 0 Å². The second-order valence-electron chi connectivity index (χ2n) is 3.82. The summed E-state index contributed by atoms with van der Waals surface area (Å²) in [4.78, 5) is 4.58. The van der Waals surface area contributed by atoms with Gasteiger partial charge in [0.05, 0.1) is 6.61 Å². The van der Waals surface area contributed by atoms with Crippen molar-refractivity contribution in [3.63, 3.8) is 0 Å². The summed E-state index contributed by atoms with van der Waals surface area (Å²) in [5.41, 5.74) is 0. The maximum Gasteiger partial charge on any atom is 0.0586 e. The second-order valence-corrected chi connectivity index (χ2v) is 3.82. The molecule has 3 heteroatoms. The lowest BCUT2D eigenvalue weighted by molar-refractivity contribution is 0.150. The topological polar surface area (TPSA) is 26.7 Å². The number of likely N-dealkylation sites (N-methyl/N-ethyl adjacent to an activating group) is 1. The summed E-state index contributed by atoms with van der Waals surface area (Å²) in [6.07, 6.45) is 2.42. The zero-order valence-electron chi connectivity index (χ0n) is 8.16. The first kappa shape index (κ1) is 9.96. The van der Waals surface area contributed by atoms with Gasteiger partial charge in [-0.25, -0.2) is 0 Å². The zero-order valence-corrected chi connectivity index (χ0v) is 8.16. The third-order valence-corrected chi connectivity index (χ3v) is 2.54. The van der Waals surface area contributed by atoms with E-state index in [2.05, 4.69) is 23.9 Å². The Morgan fingerprint density at radius 1 is 1.50 bits per heavy atom. The van der Waals surface area contributed by atoms with Crippen LogP contribution in [-0.2, 0) is 0 Å². The largest absolute Gasteiger partial charge is 0.395 e. The van der Waals surface area contributed by atoms with Crippen LogP contribution in [0.4, 0.5) is 0 Å². The van der Waals surface area contributed by atoms with Crippen molar-refractivity contribution in [3.05, 3.63) is 0 Å². The minimum Gasteiger partial charge on any atom is -0.395 e. The molecule has 1 atom stereocenters. The summed E-state index contributed by atoms with van der Waals surface area (Å²) in [6, 6.07) is 0.435. The molecule has 0 aliphatic carbocycles. The average molecular weight is 172 g/mol. The third-order valence-electron chi connectivity index (χ3n) is 2.54. The minimum absolute atomic E-state index is 0.327. The van der Waals surface area contributed by atoms with Gasteiger partial charge in [0.25, 0.3) is 0 Å². The van der Waals surface area contributed by atoms with Gasteiger partial charge in [-0.2, -0.15) is 0 Å². The van der Waals surface area contributed by atoms with Crippen LogP contribution in [0.5, 0.6) is 0 Å². The van der Waals surface area contributed by atoms with Gasteiger partial charge >= 0.3 is 0 Å². The lowest BCUT2D eigenvalue weighted by atomic mass is 10.2. The lowest BCUT2D eigenvalue weighted by Gasteiger charge is -2.24. The van der Waals surface area contributed by atoms with E-state index in [0.29, 0.717) is 12.6 Å². The van der Waals surface area contributed by atoms with Crippen molar-refractivity contribution >= 4 is 0 Å². The normalized spacial score (nSPS) is 25.5. The fourth-order valence-electron chi connectivity index (χ4n) is 1.72. The number of aliphatic hydroxyl groups is 1. The van der Waals surface area contributed by atoms with E-state index in [0.717, 1.165) is 13.1 Å². The van der Waals surface area contributed by atoms with Gasteiger partial charge < -0.3 is 10.0 Å². The summed E-state index contributed by atoms with van der Waals surface area (Å²) in [7, 11) is 4.17. The fourth-order valence-corrected chi connectivity index (χ4v) is 1.72. The Kier molecular flexibility index (Phi) is 3.98. The molecule has 1 fully saturated rings. The Labute approximate surface area is 75.0 Å². The van der Waals surface area contributed by atoms with Crippen LogP contribution in [0.2, 0.25) is 0 Å². The van der Waals surface area contributed by atoms with Gasteiger partial charge in [0.1, 0.15) is 0 Å². The smallest absolute Gasteiger partial charge is 0.0586 e. The van der Waals surface area contributed by atoms with E-state index >= 15 is 0 Å². The van der Waals surface area contributed by atoms with Crippen LogP contribution in [0.1, 0.15) is 12.8 Å². The van der Waals surface area contributed by atoms with Gasteiger partial charge in [-0.3, -0.25) is 4.90 Å². The first-order chi connectivity index (χ1) is 5.74. The molecule has 0 saturated carbocycles. The van der Waals surface area contributed by atoms with E-state index in [1.165, 1.54) is 19.4 Å². The average Bonchev–Trinajstić information content (AvgIpc) is 2.47. The summed E-state index contributed by atoms with van der Waals surface area (Å²) >= 11 is 0. The Bertz CT molecular complexity index is 128. The van der Waals surface area contributed by atoms with Gasteiger partial charge in [0.2, 0.25) is 0 Å². The molecule has 12 heavy (non-hydrogen) atoms. The van der Waals surface area contributed by atoms with Gasteiger partial charge in [0, 0.05) is 19.1 Å². The zero-order chi connectivity index (χ0) is 8.97. The van der Waals surface area contributed by atoms with Crippen LogP contribution < -0.4 is 0 Å². The number of likely N-dealkylation sites (tertiary alicyclic amines) is 1. The standard InChI is InChI=1S/C9H20N2O/c1-10(2)6-7-11-5-3-4-9(11)8-12/h9,12H,3-8H2,1-2H3/t9-/m1/s1. The molecule has 1 aliphatic heterocycles. The van der Waals surface area contributed by atoms with Crippen molar-refractivity contribution in [2.24, 2.45) is 0 Å². The highest BCUT2D eigenvalue weighted by Gasteiger charge is 2.22. The monoisotopic (exact) mass is 172 g/mol. The molecule has 0 unspecified atom stereocenters. The summed E-state index contributed by atoms with van der Waals surface area (Å²) in [6.45, 7) is 3.68. The number of nitrogens with zero attached hydrogens (tertiary/aromatic N) is 2. The minimum atomic E-state index is 0.327. The van der Waals surface area contributed by atoms with Crippen molar-refractivity contribution in [2.45, 2.75) is 18.9 Å². The first-order valence-electron chi connectivity index (χ1n) is 4.73. The highest BCUT2D eigenvalue weighted by atomic mass is 16.3. The molecule has 0 aromatic heterocycles. The predicted octanol–water partition coefficient (Wildman–Crippen LogP) is 0.00470. The molecule has 1 saturated heterocycles. The van der Waals surface area contributed by atoms with Crippen molar-refractivity contribution in [2.75, 3.05) is 40.3 Å². The van der Waals surface area contributed by atoms with Crippen LogP contribution in [0.25, 0.3) is 0 Å². The van der Waals surface area contributed by atoms with E-state index in [1.54, 1.807) is 0 Å². The number of hydrogen-bond acceptors (Lipinski definition) is 3. The van der Waals surface area contributed by atoms with Gasteiger partial charge in [-0.15, -0.1) is 0 Å². The van der Waals surface area contributed by atoms with Crippen molar-refractivity contribution in [3.8, 4) is 0 Å². The van der Waals surface area contributed by atoms with E-state index in [1.807, 2.05) is 0 Å². The Balaban J connectivity index is 2.21. The van der Waals surface area contributed by atoms with Crippen LogP contribution in [0.15, 0.2) is 0 Å². The second kappa shape index (κ2) is 4.80. The predicted molar refractivity (Wildman–Crippen MR) is 50.2 cm³/mol. The number of aliphatic hydroxyl groups excluding tert-OH is 1. The van der Waals surface area contributed by atoms with E-state index in [-0.39, 0.29) is 0 Å². The quantitative estimate of drug-likeness (QED) is 0.647. The van der Waals surface area contributed by atoms with Gasteiger partial charge in [0.15, 0.2) is 0 Å². The molecular formula is C9H20N2O. The molecule has 0 aromatic carbocycles. The summed E-state index contributed by atoms with van der Waals surface area (Å²) in [5, 5.41) is 9.05. The maximum atomic E-state index is 9.05. The first-order valence-corrected chi connectivity index (χ1v) is 4.73. The highest BCUT2D eigenvalue weighted by Crippen LogP contribution is 2.15. The third kappa shape index (κ3) is 2.73. The van der Waals surface area contributed by atoms with E-state index in [4.69, 9.17) is 5.11 Å². The molecule has 1 rings (SSSR count). The van der Waals surface area contributed by atoms with Crippen LogP contribution in [0.3, 0.4) is 0 Å². The fraction of sp³-hybridized carbons (Fsp3) is 1.00. The molecule has 0 amide bonds. The SMILES string of the molecule is CN(C)CCN1CCC[C@@H]1CO. The van der Waals surface area contributed by atoms with Gasteiger partial charge in [-0.1, -0.05) is 0 Å². The highest BCUT2D eigenvalue weighted by molar-refractivity contribution is 4.78. The maximum absolute atomic E-state index is 9.05. The molecule has 0 aromatic rings. The molecule has 0 radical (unpaired) electrons. The summed E-state index contributed by atoms with van der Waals surface area (Å²) < 4.78 is 0. The molecule has 1 N–H and O–H groups in total. The molecule has 0 bridgehead atoms. The van der Waals surface area contributed by atoms with E-state index in [9.17, 15) is 0 Å². The van der Waals surface area contributed by atoms with Crippen molar-refractivity contribution in [1.82, 2.24) is 9.80 Å². The molecular weight excluding hydrogens is 152 g/mol. The Hall–Kier alpha value is -0.120. The lowest BCUT2D eigenvalue weighted by Crippen LogP contribution is -2.37. The summed E-state index contributed by atoms with van der Waals surface area (Å²) in [5.74, 6) is 0. The Morgan fingerprint density at radius 2 is 2.25 bits per heavy atom. The van der Waals surface area contributed by atoms with Gasteiger partial charge in [-0.05, 0) is 33.5 Å². The number of rotatable bonds is 4. The van der Waals surface area contributed by atoms with E-state index < -0.39 is 0 Å². The van der Waals surface area contributed by atoms with Crippen LogP contribution >= 0.6 is 0 Å². The Morgan fingerprint density at radius 3 is 2.83 bits per heavy atom.